The topological polar surface area (TPSA) is 18.5 Å². The first-order valence-corrected chi connectivity index (χ1v) is 20.1. The number of hydrogen-bond donors (Lipinski definition) is 0. The Bertz CT molecular complexity index is 1010. The van der Waals surface area contributed by atoms with E-state index >= 15 is 0 Å². The zero-order chi connectivity index (χ0) is 32.0. The zero-order valence-corrected chi connectivity index (χ0v) is 36.3. The molecule has 252 valence electrons. The summed E-state index contributed by atoms with van der Waals surface area (Å²) in [5, 5.41) is 10.7. The molecular weight excluding hydrogens is 756 g/mol. The van der Waals surface area contributed by atoms with Crippen LogP contribution in [-0.4, -0.2) is 41.4 Å². The molecular formula is C36H59BBr2MgO2S3. The van der Waals surface area contributed by atoms with Gasteiger partial charge in [0.05, 0.1) is 11.2 Å². The monoisotopic (exact) mass is 812 g/mol. The third kappa shape index (κ3) is 21.5. The molecule has 4 rings (SSSR count). The minimum absolute atomic E-state index is 0. The molecule has 0 atom stereocenters. The van der Waals surface area contributed by atoms with Gasteiger partial charge in [0.1, 0.15) is 0 Å². The summed E-state index contributed by atoms with van der Waals surface area (Å²) in [6, 6.07) is 6.51. The maximum Gasteiger partial charge on any atom is 2.00 e. The van der Waals surface area contributed by atoms with Crippen LogP contribution in [0.25, 0.3) is 0 Å². The predicted octanol–water partition coefficient (Wildman–Crippen LogP) is 9.58. The van der Waals surface area contributed by atoms with E-state index in [9.17, 15) is 0 Å². The molecule has 0 amide bonds. The van der Waals surface area contributed by atoms with Crippen molar-refractivity contribution in [2.75, 3.05) is 0 Å². The van der Waals surface area contributed by atoms with Crippen molar-refractivity contribution in [3.05, 3.63) is 67.6 Å². The Hall–Kier alpha value is 0.811. The summed E-state index contributed by atoms with van der Waals surface area (Å²) < 4.78 is 14.6. The summed E-state index contributed by atoms with van der Waals surface area (Å²) >= 11 is 8.55. The minimum Gasteiger partial charge on any atom is -1.00 e. The third-order valence-electron chi connectivity index (χ3n) is 7.72. The van der Waals surface area contributed by atoms with Crippen LogP contribution in [0.4, 0.5) is 0 Å². The molecule has 0 unspecified atom stereocenters. The minimum atomic E-state index is -0.247. The Kier molecular flexibility index (Phi) is 30.5. The number of hydrogen-bond acceptors (Lipinski definition) is 5. The number of halogens is 2. The predicted molar refractivity (Wildman–Crippen MR) is 207 cm³/mol. The van der Waals surface area contributed by atoms with Crippen molar-refractivity contribution < 1.29 is 26.3 Å². The molecule has 0 aromatic carbocycles. The average molecular weight is 815 g/mol. The van der Waals surface area contributed by atoms with Crippen molar-refractivity contribution >= 4 is 84.9 Å². The van der Waals surface area contributed by atoms with Crippen LogP contribution in [0.2, 0.25) is 0 Å². The SMILES string of the molecule is Brc1ccsc1.CCCCCCc1ccsc1.CCCCCCc1csc(B2OC(C)(C)C(C)(C)O2)c1.[Br-].[CH2-]CCCCC.[Mg+2]. The van der Waals surface area contributed by atoms with Crippen LogP contribution in [0, 0.1) is 6.92 Å². The van der Waals surface area contributed by atoms with Gasteiger partial charge < -0.3 is 33.2 Å². The molecule has 0 radical (unpaired) electrons. The van der Waals surface area contributed by atoms with Crippen LogP contribution in [-0.2, 0) is 22.2 Å². The number of aryl methyl sites for hydroxylation is 2. The molecule has 0 spiro atoms. The molecule has 0 saturated carbocycles. The molecule has 1 aliphatic rings. The van der Waals surface area contributed by atoms with Gasteiger partial charge in [-0.2, -0.15) is 40.4 Å². The summed E-state index contributed by atoms with van der Waals surface area (Å²) in [6.07, 6.45) is 18.3. The van der Waals surface area contributed by atoms with Gasteiger partial charge in [0.2, 0.25) is 0 Å². The first-order chi connectivity index (χ1) is 20.6. The van der Waals surface area contributed by atoms with E-state index in [0.717, 1.165) is 6.42 Å². The van der Waals surface area contributed by atoms with E-state index in [-0.39, 0.29) is 58.4 Å². The van der Waals surface area contributed by atoms with Gasteiger partial charge in [-0.3, -0.25) is 0 Å². The maximum absolute atomic E-state index is 6.09. The first-order valence-electron chi connectivity index (χ1n) is 16.5. The number of thiophene rings is 3. The van der Waals surface area contributed by atoms with Crippen molar-refractivity contribution in [3.63, 3.8) is 0 Å². The Balaban J connectivity index is 0. The summed E-state index contributed by atoms with van der Waals surface area (Å²) in [6.45, 7) is 18.8. The molecule has 3 aromatic rings. The van der Waals surface area contributed by atoms with Crippen molar-refractivity contribution in [1.82, 2.24) is 0 Å². The summed E-state index contributed by atoms with van der Waals surface area (Å²) in [5.74, 6) is 0. The first kappa shape index (κ1) is 47.9. The second-order valence-corrected chi connectivity index (χ2v) is 15.6. The Morgan fingerprint density at radius 1 is 0.711 bits per heavy atom. The standard InChI is InChI=1S/C16H27BO2S.C10H16S.C6H13.C4H3BrS.BrH.Mg/c1-6-7-8-9-10-13-11-14(20-12-13)17-18-15(2,3)16(4,5)19-17;1-2-3-4-5-6-10-7-8-11-9-10;1-3-5-6-4-2;5-4-1-2-6-3-4;;/h11-12H,6-10H2,1-5H3;7-9H,2-6H2,1H3;1,3-6H2,2H3;1-3H;1H;/q;;-1;;;+2/p-1. The van der Waals surface area contributed by atoms with Crippen LogP contribution in [0.5, 0.6) is 0 Å². The van der Waals surface area contributed by atoms with Gasteiger partial charge >= 0.3 is 30.2 Å². The van der Waals surface area contributed by atoms with E-state index in [1.54, 1.807) is 34.0 Å². The van der Waals surface area contributed by atoms with Crippen molar-refractivity contribution in [2.45, 2.75) is 150 Å². The molecule has 1 aliphatic heterocycles. The Labute approximate surface area is 325 Å². The summed E-state index contributed by atoms with van der Waals surface area (Å²) in [5.41, 5.74) is 2.45. The summed E-state index contributed by atoms with van der Waals surface area (Å²) in [4.78, 5) is 0. The van der Waals surface area contributed by atoms with Gasteiger partial charge in [0, 0.05) is 14.6 Å². The van der Waals surface area contributed by atoms with Gasteiger partial charge in [-0.1, -0.05) is 78.6 Å². The summed E-state index contributed by atoms with van der Waals surface area (Å²) in [7, 11) is -0.200. The van der Waals surface area contributed by atoms with Crippen molar-refractivity contribution in [1.29, 1.82) is 0 Å². The molecule has 3 aromatic heterocycles. The Morgan fingerprint density at radius 2 is 1.22 bits per heavy atom. The largest absolute Gasteiger partial charge is 2.00 e. The molecule has 9 heteroatoms. The number of unbranched alkanes of at least 4 members (excludes halogenated alkanes) is 9. The smallest absolute Gasteiger partial charge is 1.00 e. The van der Waals surface area contributed by atoms with Crippen LogP contribution in [0.1, 0.15) is 137 Å². The van der Waals surface area contributed by atoms with Crippen LogP contribution in [0.3, 0.4) is 0 Å². The van der Waals surface area contributed by atoms with Crippen molar-refractivity contribution in [3.8, 4) is 0 Å². The molecule has 0 aliphatic carbocycles. The molecule has 4 heterocycles. The van der Waals surface area contributed by atoms with E-state index in [4.69, 9.17) is 9.31 Å². The van der Waals surface area contributed by atoms with Gasteiger partial charge in [0.15, 0.2) is 0 Å². The second kappa shape index (κ2) is 28.6. The fourth-order valence-corrected chi connectivity index (χ4v) is 6.98. The van der Waals surface area contributed by atoms with E-state index in [2.05, 4.69) is 99.6 Å². The fraction of sp³-hybridized carbons (Fsp3) is 0.639. The fourth-order valence-electron chi connectivity index (χ4n) is 4.23. The van der Waals surface area contributed by atoms with Crippen LogP contribution >= 0.6 is 49.9 Å². The zero-order valence-electron chi connectivity index (χ0n) is 29.3. The van der Waals surface area contributed by atoms with E-state index in [1.807, 2.05) is 16.8 Å². The van der Waals surface area contributed by atoms with Gasteiger partial charge in [-0.15, -0.1) is 0 Å². The molecule has 2 nitrogen and oxygen atoms in total. The quantitative estimate of drug-likeness (QED) is 0.0918. The Morgan fingerprint density at radius 3 is 1.62 bits per heavy atom. The maximum atomic E-state index is 6.09. The van der Waals surface area contributed by atoms with E-state index in [1.165, 1.54) is 104 Å². The van der Waals surface area contributed by atoms with Crippen LogP contribution in [0.15, 0.2) is 49.6 Å². The van der Waals surface area contributed by atoms with Crippen LogP contribution < -0.4 is 21.8 Å². The normalized spacial score (nSPS) is 14.0. The molecule has 1 fully saturated rings. The van der Waals surface area contributed by atoms with E-state index < -0.39 is 0 Å². The number of rotatable bonds is 14. The third-order valence-corrected chi connectivity index (χ3v) is 10.9. The van der Waals surface area contributed by atoms with E-state index in [0.29, 0.717) is 0 Å². The second-order valence-electron chi connectivity index (χ2n) is 12.2. The molecule has 0 N–H and O–H groups in total. The van der Waals surface area contributed by atoms with Crippen molar-refractivity contribution in [2.24, 2.45) is 0 Å². The molecule has 1 saturated heterocycles. The molecule has 0 bridgehead atoms. The average Bonchev–Trinajstić information content (AvgIpc) is 3.79. The molecule has 45 heavy (non-hydrogen) atoms. The van der Waals surface area contributed by atoms with Gasteiger partial charge in [-0.25, -0.2) is 0 Å². The van der Waals surface area contributed by atoms with Gasteiger partial charge in [-0.05, 0) is 120 Å². The van der Waals surface area contributed by atoms with Gasteiger partial charge in [0.25, 0.3) is 0 Å².